The van der Waals surface area contributed by atoms with Crippen molar-refractivity contribution in [1.82, 2.24) is 4.98 Å². The number of aromatic nitrogens is 1. The third-order valence-electron chi connectivity index (χ3n) is 3.07. The zero-order chi connectivity index (χ0) is 13.1. The van der Waals surface area contributed by atoms with Crippen molar-refractivity contribution in [3.8, 4) is 6.07 Å². The summed E-state index contributed by atoms with van der Waals surface area (Å²) in [4.78, 5) is 17.4. The Hall–Kier alpha value is -1.84. The van der Waals surface area contributed by atoms with Crippen LogP contribution in [-0.4, -0.2) is 30.0 Å². The van der Waals surface area contributed by atoms with Gasteiger partial charge in [0.15, 0.2) is 0 Å². The average molecular weight is 282 g/mol. The van der Waals surface area contributed by atoms with Gasteiger partial charge in [-0.3, -0.25) is 4.79 Å². The number of anilines is 1. The second-order valence-electron chi connectivity index (χ2n) is 4.40. The molecule has 1 aromatic heterocycles. The van der Waals surface area contributed by atoms with E-state index in [2.05, 4.69) is 4.98 Å². The second kappa shape index (κ2) is 6.36. The van der Waals surface area contributed by atoms with Gasteiger partial charge in [0.1, 0.15) is 17.6 Å². The SMILES string of the molecule is Cl.N#Cc1cc(C(N)=O)cc(N2CCC(N)CC2)n1. The van der Waals surface area contributed by atoms with Crippen molar-refractivity contribution in [2.24, 2.45) is 11.5 Å². The zero-order valence-electron chi connectivity index (χ0n) is 10.4. The first-order chi connectivity index (χ1) is 8.60. The number of halogens is 1. The summed E-state index contributed by atoms with van der Waals surface area (Å²) in [6.45, 7) is 1.56. The minimum atomic E-state index is -0.552. The van der Waals surface area contributed by atoms with E-state index in [1.165, 1.54) is 6.07 Å². The van der Waals surface area contributed by atoms with Crippen LogP contribution in [0.5, 0.6) is 0 Å². The van der Waals surface area contributed by atoms with E-state index in [1.807, 2.05) is 11.0 Å². The average Bonchev–Trinajstić information content (AvgIpc) is 2.39. The maximum atomic E-state index is 11.2. The zero-order valence-corrected chi connectivity index (χ0v) is 11.2. The van der Waals surface area contributed by atoms with Gasteiger partial charge in [0.25, 0.3) is 0 Å². The lowest BCUT2D eigenvalue weighted by Gasteiger charge is -2.31. The number of hydrogen-bond acceptors (Lipinski definition) is 5. The van der Waals surface area contributed by atoms with E-state index >= 15 is 0 Å². The normalized spacial score (nSPS) is 15.5. The van der Waals surface area contributed by atoms with E-state index in [1.54, 1.807) is 6.07 Å². The van der Waals surface area contributed by atoms with Crippen molar-refractivity contribution in [1.29, 1.82) is 5.26 Å². The Kier molecular flexibility index (Phi) is 5.10. The number of amides is 1. The first-order valence-electron chi connectivity index (χ1n) is 5.82. The Morgan fingerprint density at radius 3 is 2.58 bits per heavy atom. The van der Waals surface area contributed by atoms with E-state index in [9.17, 15) is 4.79 Å². The molecule has 4 N–H and O–H groups in total. The lowest BCUT2D eigenvalue weighted by molar-refractivity contribution is 0.1000. The molecule has 0 atom stereocenters. The van der Waals surface area contributed by atoms with Gasteiger partial charge in [-0.15, -0.1) is 12.4 Å². The van der Waals surface area contributed by atoms with Gasteiger partial charge >= 0.3 is 0 Å². The molecule has 102 valence electrons. The van der Waals surface area contributed by atoms with E-state index in [-0.39, 0.29) is 24.1 Å². The summed E-state index contributed by atoms with van der Waals surface area (Å²) in [5.74, 6) is 0.0682. The van der Waals surface area contributed by atoms with Gasteiger partial charge in [0.2, 0.25) is 5.91 Å². The van der Waals surface area contributed by atoms with Crippen LogP contribution in [0.15, 0.2) is 12.1 Å². The van der Waals surface area contributed by atoms with E-state index in [0.29, 0.717) is 11.4 Å². The van der Waals surface area contributed by atoms with E-state index in [0.717, 1.165) is 25.9 Å². The quantitative estimate of drug-likeness (QED) is 0.815. The van der Waals surface area contributed by atoms with Gasteiger partial charge in [0.05, 0.1) is 0 Å². The number of primary amides is 1. The lowest BCUT2D eigenvalue weighted by atomic mass is 10.1. The molecule has 1 saturated heterocycles. The van der Waals surface area contributed by atoms with Crippen molar-refractivity contribution in [3.63, 3.8) is 0 Å². The standard InChI is InChI=1S/C12H15N5O.ClH/c13-7-10-5-8(12(15)18)6-11(16-10)17-3-1-9(14)2-4-17;/h5-6,9H,1-4,14H2,(H2,15,18);1H. The number of carbonyl (C=O) groups is 1. The minimum absolute atomic E-state index is 0. The molecular formula is C12H16ClN5O. The van der Waals surface area contributed by atoms with Crippen LogP contribution in [0.4, 0.5) is 5.82 Å². The Balaban J connectivity index is 0.00000180. The molecule has 2 rings (SSSR count). The predicted octanol–water partition coefficient (Wildman–Crippen LogP) is 0.401. The smallest absolute Gasteiger partial charge is 0.248 e. The number of pyridine rings is 1. The van der Waals surface area contributed by atoms with Crippen LogP contribution in [0, 0.1) is 11.3 Å². The molecule has 19 heavy (non-hydrogen) atoms. The monoisotopic (exact) mass is 281 g/mol. The van der Waals surface area contributed by atoms with E-state index in [4.69, 9.17) is 16.7 Å². The molecule has 1 aliphatic rings. The van der Waals surface area contributed by atoms with Crippen molar-refractivity contribution in [2.45, 2.75) is 18.9 Å². The van der Waals surface area contributed by atoms with Crippen LogP contribution in [0.3, 0.4) is 0 Å². The van der Waals surface area contributed by atoms with Crippen molar-refractivity contribution in [2.75, 3.05) is 18.0 Å². The Labute approximate surface area is 117 Å². The molecule has 0 saturated carbocycles. The third-order valence-corrected chi connectivity index (χ3v) is 3.07. The number of hydrogen-bond donors (Lipinski definition) is 2. The molecule has 0 spiro atoms. The molecule has 6 nitrogen and oxygen atoms in total. The molecule has 1 aliphatic heterocycles. The summed E-state index contributed by atoms with van der Waals surface area (Å²) in [6.07, 6.45) is 1.76. The molecule has 2 heterocycles. The van der Waals surface area contributed by atoms with Crippen molar-refractivity contribution in [3.05, 3.63) is 23.4 Å². The first-order valence-corrected chi connectivity index (χ1v) is 5.82. The molecule has 0 unspecified atom stereocenters. The highest BCUT2D eigenvalue weighted by Crippen LogP contribution is 2.19. The maximum Gasteiger partial charge on any atom is 0.248 e. The summed E-state index contributed by atoms with van der Waals surface area (Å²) in [7, 11) is 0. The summed E-state index contributed by atoms with van der Waals surface area (Å²) < 4.78 is 0. The summed E-state index contributed by atoms with van der Waals surface area (Å²) in [5.41, 5.74) is 11.6. The van der Waals surface area contributed by atoms with Crippen molar-refractivity contribution >= 4 is 24.1 Å². The number of nitriles is 1. The number of nitrogens with two attached hydrogens (primary N) is 2. The minimum Gasteiger partial charge on any atom is -0.366 e. The summed E-state index contributed by atoms with van der Waals surface area (Å²) >= 11 is 0. The Morgan fingerprint density at radius 1 is 1.42 bits per heavy atom. The fraction of sp³-hybridized carbons (Fsp3) is 0.417. The third kappa shape index (κ3) is 3.56. The molecule has 1 amide bonds. The largest absolute Gasteiger partial charge is 0.366 e. The van der Waals surface area contributed by atoms with Crippen molar-refractivity contribution < 1.29 is 4.79 Å². The van der Waals surface area contributed by atoms with Crippen LogP contribution in [-0.2, 0) is 0 Å². The first kappa shape index (κ1) is 15.2. The van der Waals surface area contributed by atoms with Crippen LogP contribution in [0.2, 0.25) is 0 Å². The Morgan fingerprint density at radius 2 is 2.05 bits per heavy atom. The van der Waals surface area contributed by atoms with Gasteiger partial charge in [0, 0.05) is 24.7 Å². The van der Waals surface area contributed by atoms with Gasteiger partial charge in [-0.05, 0) is 25.0 Å². The molecule has 1 aromatic rings. The fourth-order valence-corrected chi connectivity index (χ4v) is 2.01. The second-order valence-corrected chi connectivity index (χ2v) is 4.40. The molecule has 0 radical (unpaired) electrons. The summed E-state index contributed by atoms with van der Waals surface area (Å²) in [5, 5.41) is 8.91. The maximum absolute atomic E-state index is 11.2. The molecule has 7 heteroatoms. The number of nitrogens with zero attached hydrogens (tertiary/aromatic N) is 3. The van der Waals surface area contributed by atoms with Crippen LogP contribution in [0.25, 0.3) is 0 Å². The van der Waals surface area contributed by atoms with Crippen LogP contribution in [0.1, 0.15) is 28.9 Å². The van der Waals surface area contributed by atoms with Crippen LogP contribution >= 0.6 is 12.4 Å². The Bertz CT molecular complexity index is 505. The summed E-state index contributed by atoms with van der Waals surface area (Å²) in [6, 6.07) is 5.19. The molecule has 1 fully saturated rings. The highest BCUT2D eigenvalue weighted by atomic mass is 35.5. The molecule has 0 aliphatic carbocycles. The number of piperidine rings is 1. The van der Waals surface area contributed by atoms with Gasteiger partial charge in [-0.2, -0.15) is 5.26 Å². The highest BCUT2D eigenvalue weighted by molar-refractivity contribution is 5.93. The number of rotatable bonds is 2. The van der Waals surface area contributed by atoms with E-state index < -0.39 is 5.91 Å². The molecule has 0 aromatic carbocycles. The predicted molar refractivity (Wildman–Crippen MR) is 74.1 cm³/mol. The highest BCUT2D eigenvalue weighted by Gasteiger charge is 2.18. The fourth-order valence-electron chi connectivity index (χ4n) is 2.01. The lowest BCUT2D eigenvalue weighted by Crippen LogP contribution is -2.40. The molecular weight excluding hydrogens is 266 g/mol. The van der Waals surface area contributed by atoms with Gasteiger partial charge in [-0.1, -0.05) is 0 Å². The molecule has 0 bridgehead atoms. The van der Waals surface area contributed by atoms with Gasteiger partial charge < -0.3 is 16.4 Å². The topological polar surface area (TPSA) is 109 Å². The van der Waals surface area contributed by atoms with Gasteiger partial charge in [-0.25, -0.2) is 4.98 Å². The van der Waals surface area contributed by atoms with Crippen LogP contribution < -0.4 is 16.4 Å². The number of carbonyl (C=O) groups excluding carboxylic acids is 1.